The lowest BCUT2D eigenvalue weighted by Crippen LogP contribution is -2.25. The van der Waals surface area contributed by atoms with E-state index in [1.807, 2.05) is 0 Å². The van der Waals surface area contributed by atoms with Gasteiger partial charge in [0.2, 0.25) is 5.91 Å². The van der Waals surface area contributed by atoms with E-state index >= 15 is 0 Å². The van der Waals surface area contributed by atoms with E-state index in [0.29, 0.717) is 11.3 Å². The summed E-state index contributed by atoms with van der Waals surface area (Å²) in [5.74, 6) is -1.67. The van der Waals surface area contributed by atoms with Crippen molar-refractivity contribution in [2.75, 3.05) is 11.1 Å². The molecule has 0 saturated heterocycles. The summed E-state index contributed by atoms with van der Waals surface area (Å²) >= 11 is 1.14. The highest BCUT2D eigenvalue weighted by atomic mass is 32.2. The molecule has 7 heteroatoms. The molecule has 0 radical (unpaired) electrons. The maximum Gasteiger partial charge on any atom is 0.251 e. The molecule has 0 aliphatic heterocycles. The first-order valence-corrected chi connectivity index (χ1v) is 9.75. The van der Waals surface area contributed by atoms with Crippen molar-refractivity contribution in [3.63, 3.8) is 0 Å². The SMILES string of the molecule is CC(SCC(=O)Nc1cccc(C(=O)NC2CC2)c1)c1c(F)cccc1F. The molecule has 3 rings (SSSR count). The first-order valence-electron chi connectivity index (χ1n) is 8.70. The fraction of sp³-hybridized carbons (Fsp3) is 0.300. The second kappa shape index (κ2) is 8.52. The van der Waals surface area contributed by atoms with E-state index in [2.05, 4.69) is 10.6 Å². The Morgan fingerprint density at radius 3 is 2.48 bits per heavy atom. The summed E-state index contributed by atoms with van der Waals surface area (Å²) in [6.45, 7) is 1.66. The number of halogens is 2. The van der Waals surface area contributed by atoms with E-state index in [0.717, 1.165) is 24.6 Å². The third-order valence-corrected chi connectivity index (χ3v) is 5.36. The first kappa shape index (κ1) is 19.4. The summed E-state index contributed by atoms with van der Waals surface area (Å²) in [7, 11) is 0. The molecule has 0 bridgehead atoms. The van der Waals surface area contributed by atoms with Crippen molar-refractivity contribution in [1.29, 1.82) is 0 Å². The van der Waals surface area contributed by atoms with Crippen LogP contribution in [0, 0.1) is 11.6 Å². The normalized spacial score (nSPS) is 14.5. The summed E-state index contributed by atoms with van der Waals surface area (Å²) < 4.78 is 27.6. The van der Waals surface area contributed by atoms with Gasteiger partial charge in [-0.2, -0.15) is 0 Å². The average molecular weight is 390 g/mol. The van der Waals surface area contributed by atoms with E-state index < -0.39 is 16.9 Å². The molecular formula is C20H20F2N2O2S. The molecule has 142 valence electrons. The lowest BCUT2D eigenvalue weighted by molar-refractivity contribution is -0.113. The molecule has 4 nitrogen and oxygen atoms in total. The van der Waals surface area contributed by atoms with Crippen LogP contribution in [0.25, 0.3) is 0 Å². The van der Waals surface area contributed by atoms with Crippen LogP contribution in [0.15, 0.2) is 42.5 Å². The maximum absolute atomic E-state index is 13.8. The highest BCUT2D eigenvalue weighted by Crippen LogP contribution is 2.32. The minimum Gasteiger partial charge on any atom is -0.349 e. The molecule has 1 atom stereocenters. The average Bonchev–Trinajstić information content (AvgIpc) is 3.44. The van der Waals surface area contributed by atoms with Crippen molar-refractivity contribution in [1.82, 2.24) is 5.32 Å². The van der Waals surface area contributed by atoms with Gasteiger partial charge < -0.3 is 10.6 Å². The van der Waals surface area contributed by atoms with Gasteiger partial charge in [-0.1, -0.05) is 12.1 Å². The molecule has 27 heavy (non-hydrogen) atoms. The van der Waals surface area contributed by atoms with Gasteiger partial charge in [0.25, 0.3) is 5.91 Å². The van der Waals surface area contributed by atoms with Crippen LogP contribution in [0.1, 0.15) is 40.9 Å². The molecular weight excluding hydrogens is 370 g/mol. The molecule has 2 N–H and O–H groups in total. The molecule has 1 aliphatic rings. The van der Waals surface area contributed by atoms with Crippen LogP contribution in [0.4, 0.5) is 14.5 Å². The molecule has 2 aromatic rings. The third-order valence-electron chi connectivity index (χ3n) is 4.19. The van der Waals surface area contributed by atoms with Gasteiger partial charge in [0.15, 0.2) is 0 Å². The Morgan fingerprint density at radius 2 is 1.81 bits per heavy atom. The zero-order valence-corrected chi connectivity index (χ0v) is 15.6. The van der Waals surface area contributed by atoms with Crippen molar-refractivity contribution in [3.8, 4) is 0 Å². The molecule has 1 unspecified atom stereocenters. The highest BCUT2D eigenvalue weighted by Gasteiger charge is 2.24. The quantitative estimate of drug-likeness (QED) is 0.742. The molecule has 1 fully saturated rings. The number of rotatable bonds is 7. The number of benzene rings is 2. The van der Waals surface area contributed by atoms with E-state index in [4.69, 9.17) is 0 Å². The van der Waals surface area contributed by atoms with Gasteiger partial charge in [0.05, 0.1) is 5.75 Å². The molecule has 1 saturated carbocycles. The summed E-state index contributed by atoms with van der Waals surface area (Å²) in [5, 5.41) is 5.10. The Bertz CT molecular complexity index is 835. The van der Waals surface area contributed by atoms with Crippen LogP contribution in [-0.4, -0.2) is 23.6 Å². The number of hydrogen-bond acceptors (Lipinski definition) is 3. The summed E-state index contributed by atoms with van der Waals surface area (Å²) in [6, 6.07) is 10.7. The monoisotopic (exact) mass is 390 g/mol. The van der Waals surface area contributed by atoms with Gasteiger partial charge >= 0.3 is 0 Å². The zero-order valence-electron chi connectivity index (χ0n) is 14.8. The Hall–Kier alpha value is -2.41. The number of nitrogens with one attached hydrogen (secondary N) is 2. The third kappa shape index (κ3) is 5.29. The van der Waals surface area contributed by atoms with Crippen LogP contribution in [0.2, 0.25) is 0 Å². The Labute approximate surface area is 160 Å². The first-order chi connectivity index (χ1) is 12.9. The van der Waals surface area contributed by atoms with Crippen molar-refractivity contribution in [2.45, 2.75) is 31.1 Å². The summed E-state index contributed by atoms with van der Waals surface area (Å²) in [6.07, 6.45) is 2.00. The van der Waals surface area contributed by atoms with Gasteiger partial charge in [0.1, 0.15) is 11.6 Å². The van der Waals surface area contributed by atoms with Crippen molar-refractivity contribution < 1.29 is 18.4 Å². The fourth-order valence-electron chi connectivity index (χ4n) is 2.61. The lowest BCUT2D eigenvalue weighted by atomic mass is 10.1. The van der Waals surface area contributed by atoms with Gasteiger partial charge in [0, 0.05) is 28.1 Å². The fourth-order valence-corrected chi connectivity index (χ4v) is 3.48. The van der Waals surface area contributed by atoms with Crippen LogP contribution in [-0.2, 0) is 4.79 Å². The molecule has 0 aromatic heterocycles. The smallest absolute Gasteiger partial charge is 0.251 e. The van der Waals surface area contributed by atoms with Crippen molar-refractivity contribution in [3.05, 3.63) is 65.2 Å². The van der Waals surface area contributed by atoms with Gasteiger partial charge in [-0.05, 0) is 50.1 Å². The Morgan fingerprint density at radius 1 is 1.15 bits per heavy atom. The van der Waals surface area contributed by atoms with Gasteiger partial charge in [-0.15, -0.1) is 11.8 Å². The van der Waals surface area contributed by atoms with Crippen LogP contribution in [0.3, 0.4) is 0 Å². The highest BCUT2D eigenvalue weighted by molar-refractivity contribution is 8.00. The standard InChI is InChI=1S/C20H20F2N2O2S/c1-12(19-16(21)6-3-7-17(19)22)27-11-18(25)23-15-5-2-4-13(10-15)20(26)24-14-8-9-14/h2-7,10,12,14H,8-9,11H2,1H3,(H,23,25)(H,24,26). The largest absolute Gasteiger partial charge is 0.349 e. The number of anilines is 1. The predicted molar refractivity (Wildman–Crippen MR) is 103 cm³/mol. The Kier molecular flexibility index (Phi) is 6.11. The number of hydrogen-bond donors (Lipinski definition) is 2. The van der Waals surface area contributed by atoms with E-state index in [1.54, 1.807) is 31.2 Å². The molecule has 1 aliphatic carbocycles. The minimum atomic E-state index is -0.621. The Balaban J connectivity index is 1.55. The topological polar surface area (TPSA) is 58.2 Å². The maximum atomic E-state index is 13.8. The van der Waals surface area contributed by atoms with E-state index in [-0.39, 0.29) is 29.2 Å². The van der Waals surface area contributed by atoms with Crippen LogP contribution in [0.5, 0.6) is 0 Å². The zero-order chi connectivity index (χ0) is 19.4. The number of carbonyl (C=O) groups excluding carboxylic acids is 2. The van der Waals surface area contributed by atoms with Crippen molar-refractivity contribution in [2.24, 2.45) is 0 Å². The number of thioether (sulfide) groups is 1. The number of carbonyl (C=O) groups is 2. The van der Waals surface area contributed by atoms with Crippen LogP contribution >= 0.6 is 11.8 Å². The van der Waals surface area contributed by atoms with Gasteiger partial charge in [-0.25, -0.2) is 8.78 Å². The van der Waals surface area contributed by atoms with E-state index in [1.165, 1.54) is 18.2 Å². The van der Waals surface area contributed by atoms with Crippen molar-refractivity contribution >= 4 is 29.3 Å². The van der Waals surface area contributed by atoms with Gasteiger partial charge in [-0.3, -0.25) is 9.59 Å². The molecule has 2 amide bonds. The summed E-state index contributed by atoms with van der Waals surface area (Å²) in [4.78, 5) is 24.2. The molecule has 2 aromatic carbocycles. The summed E-state index contributed by atoms with van der Waals surface area (Å²) in [5.41, 5.74) is 0.956. The predicted octanol–water partition coefficient (Wildman–Crippen LogP) is 4.29. The molecule has 0 spiro atoms. The van der Waals surface area contributed by atoms with E-state index in [9.17, 15) is 18.4 Å². The minimum absolute atomic E-state index is 0.0333. The van der Waals surface area contributed by atoms with Crippen LogP contribution < -0.4 is 10.6 Å². The second-order valence-corrected chi connectivity index (χ2v) is 7.79. The second-order valence-electron chi connectivity index (χ2n) is 6.47. The molecule has 0 heterocycles. The number of amides is 2. The lowest BCUT2D eigenvalue weighted by Gasteiger charge is -2.13.